The lowest BCUT2D eigenvalue weighted by atomic mass is 9.98. The molecule has 1 heterocycles. The van der Waals surface area contributed by atoms with Gasteiger partial charge in [0, 0.05) is 6.04 Å². The summed E-state index contributed by atoms with van der Waals surface area (Å²) in [5.41, 5.74) is -0.727. The van der Waals surface area contributed by atoms with Gasteiger partial charge in [-0.3, -0.25) is 14.5 Å². The molecule has 1 saturated carbocycles. The molecule has 2 rings (SSSR count). The number of hydrogen-bond donors (Lipinski definition) is 2. The van der Waals surface area contributed by atoms with E-state index in [4.69, 9.17) is 0 Å². The van der Waals surface area contributed by atoms with Gasteiger partial charge in [-0.2, -0.15) is 0 Å². The van der Waals surface area contributed by atoms with E-state index < -0.39 is 11.6 Å². The maximum Gasteiger partial charge on any atom is 0.325 e. The van der Waals surface area contributed by atoms with Crippen LogP contribution in [-0.4, -0.2) is 40.9 Å². The van der Waals surface area contributed by atoms with Crippen LogP contribution in [0.5, 0.6) is 0 Å². The molecule has 6 nitrogen and oxygen atoms in total. The Kier molecular flexibility index (Phi) is 3.28. The maximum absolute atomic E-state index is 12.2. The number of nitrogens with one attached hydrogen (secondary N) is 2. The van der Waals surface area contributed by atoms with Crippen molar-refractivity contribution < 1.29 is 14.4 Å². The van der Waals surface area contributed by atoms with Gasteiger partial charge in [0.25, 0.3) is 5.91 Å². The molecule has 0 radical (unpaired) electrons. The highest BCUT2D eigenvalue weighted by molar-refractivity contribution is 6.09. The van der Waals surface area contributed by atoms with Crippen LogP contribution in [0.15, 0.2) is 0 Å². The van der Waals surface area contributed by atoms with Crippen molar-refractivity contribution in [1.82, 2.24) is 15.5 Å². The third-order valence-corrected chi connectivity index (χ3v) is 3.45. The quantitative estimate of drug-likeness (QED) is 0.713. The van der Waals surface area contributed by atoms with Crippen molar-refractivity contribution in [3.8, 4) is 0 Å². The van der Waals surface area contributed by atoms with Crippen molar-refractivity contribution in [1.29, 1.82) is 0 Å². The number of amides is 4. The zero-order chi connectivity index (χ0) is 13.3. The third kappa shape index (κ3) is 2.19. The summed E-state index contributed by atoms with van der Waals surface area (Å²) in [6, 6.07) is -0.445. The lowest BCUT2D eigenvalue weighted by molar-refractivity contribution is -0.135. The van der Waals surface area contributed by atoms with E-state index in [0.29, 0.717) is 12.8 Å². The molecular weight excluding hydrogens is 234 g/mol. The molecule has 100 valence electrons. The molecule has 1 aliphatic heterocycles. The fourth-order valence-corrected chi connectivity index (χ4v) is 2.65. The Hall–Kier alpha value is -1.59. The predicted octanol–water partition coefficient (Wildman–Crippen LogP) is 0.376. The van der Waals surface area contributed by atoms with Gasteiger partial charge < -0.3 is 10.6 Å². The Bertz CT molecular complexity index is 386. The minimum Gasteiger partial charge on any atom is -0.352 e. The average Bonchev–Trinajstić information content (AvgIpc) is 2.80. The van der Waals surface area contributed by atoms with Gasteiger partial charge in [-0.15, -0.1) is 0 Å². The summed E-state index contributed by atoms with van der Waals surface area (Å²) >= 11 is 0. The Labute approximate surface area is 106 Å². The first kappa shape index (κ1) is 12.9. The molecule has 1 aliphatic carbocycles. The van der Waals surface area contributed by atoms with Gasteiger partial charge >= 0.3 is 6.03 Å². The first-order valence-electron chi connectivity index (χ1n) is 6.38. The van der Waals surface area contributed by atoms with E-state index in [1.165, 1.54) is 0 Å². The van der Waals surface area contributed by atoms with Crippen LogP contribution in [0.25, 0.3) is 0 Å². The molecule has 4 amide bonds. The minimum atomic E-state index is -0.727. The molecule has 0 bridgehead atoms. The zero-order valence-corrected chi connectivity index (χ0v) is 10.8. The van der Waals surface area contributed by atoms with Crippen molar-refractivity contribution in [2.75, 3.05) is 6.54 Å². The molecule has 6 heteroatoms. The van der Waals surface area contributed by atoms with Gasteiger partial charge in [-0.1, -0.05) is 12.8 Å². The molecule has 1 spiro atoms. The molecular formula is C12H19N3O3. The second-order valence-electron chi connectivity index (χ2n) is 5.33. The maximum atomic E-state index is 12.2. The fraction of sp³-hybridized carbons (Fsp3) is 0.750. The van der Waals surface area contributed by atoms with Crippen LogP contribution < -0.4 is 10.6 Å². The van der Waals surface area contributed by atoms with E-state index in [1.807, 2.05) is 13.8 Å². The topological polar surface area (TPSA) is 78.5 Å². The standard InChI is InChI=1S/C12H19N3O3/c1-8(2)13-9(16)7-15-10(17)12(14-11(15)18)5-3-4-6-12/h8H,3-7H2,1-2H3,(H,13,16)(H,14,18). The Morgan fingerprint density at radius 3 is 2.56 bits per heavy atom. The highest BCUT2D eigenvalue weighted by Crippen LogP contribution is 2.34. The summed E-state index contributed by atoms with van der Waals surface area (Å²) in [5.74, 6) is -0.549. The number of carbonyl (C=O) groups is 3. The number of urea groups is 1. The molecule has 2 fully saturated rings. The Morgan fingerprint density at radius 2 is 2.00 bits per heavy atom. The molecule has 1 saturated heterocycles. The normalized spacial score (nSPS) is 21.8. The summed E-state index contributed by atoms with van der Waals surface area (Å²) in [5, 5.41) is 5.42. The second-order valence-corrected chi connectivity index (χ2v) is 5.33. The van der Waals surface area contributed by atoms with E-state index in [0.717, 1.165) is 17.7 Å². The number of imide groups is 1. The van der Waals surface area contributed by atoms with Gasteiger partial charge in [-0.25, -0.2) is 4.79 Å². The smallest absolute Gasteiger partial charge is 0.325 e. The molecule has 0 aromatic rings. The molecule has 2 aliphatic rings. The molecule has 2 N–H and O–H groups in total. The molecule has 0 atom stereocenters. The highest BCUT2D eigenvalue weighted by atomic mass is 16.2. The highest BCUT2D eigenvalue weighted by Gasteiger charge is 2.52. The summed E-state index contributed by atoms with van der Waals surface area (Å²) in [7, 11) is 0. The van der Waals surface area contributed by atoms with Crippen molar-refractivity contribution in [2.45, 2.75) is 51.1 Å². The van der Waals surface area contributed by atoms with Crippen LogP contribution in [0, 0.1) is 0 Å². The molecule has 18 heavy (non-hydrogen) atoms. The van der Waals surface area contributed by atoms with Crippen LogP contribution >= 0.6 is 0 Å². The van der Waals surface area contributed by atoms with Crippen LogP contribution in [0.4, 0.5) is 4.79 Å². The van der Waals surface area contributed by atoms with E-state index in [1.54, 1.807) is 0 Å². The van der Waals surface area contributed by atoms with Crippen molar-refractivity contribution in [3.63, 3.8) is 0 Å². The summed E-state index contributed by atoms with van der Waals surface area (Å²) in [6.45, 7) is 3.48. The van der Waals surface area contributed by atoms with Gasteiger partial charge in [-0.05, 0) is 26.7 Å². The Balaban J connectivity index is 2.03. The van der Waals surface area contributed by atoms with Crippen LogP contribution in [-0.2, 0) is 9.59 Å². The largest absolute Gasteiger partial charge is 0.352 e. The van der Waals surface area contributed by atoms with E-state index >= 15 is 0 Å². The lowest BCUT2D eigenvalue weighted by Crippen LogP contribution is -2.46. The minimum absolute atomic E-state index is 0.00120. The van der Waals surface area contributed by atoms with Crippen LogP contribution in [0.1, 0.15) is 39.5 Å². The third-order valence-electron chi connectivity index (χ3n) is 3.45. The van der Waals surface area contributed by atoms with Crippen LogP contribution in [0.2, 0.25) is 0 Å². The fourth-order valence-electron chi connectivity index (χ4n) is 2.65. The SMILES string of the molecule is CC(C)NC(=O)CN1C(=O)NC2(CCCC2)C1=O. The van der Waals surface area contributed by atoms with Gasteiger partial charge in [0.2, 0.25) is 5.91 Å². The summed E-state index contributed by atoms with van der Waals surface area (Å²) in [4.78, 5) is 36.7. The van der Waals surface area contributed by atoms with E-state index in [2.05, 4.69) is 10.6 Å². The predicted molar refractivity (Wildman–Crippen MR) is 64.7 cm³/mol. The van der Waals surface area contributed by atoms with Gasteiger partial charge in [0.15, 0.2) is 0 Å². The van der Waals surface area contributed by atoms with Crippen molar-refractivity contribution >= 4 is 17.8 Å². The zero-order valence-electron chi connectivity index (χ0n) is 10.8. The van der Waals surface area contributed by atoms with Gasteiger partial charge in [0.05, 0.1) is 0 Å². The Morgan fingerprint density at radius 1 is 1.39 bits per heavy atom. The van der Waals surface area contributed by atoms with Crippen molar-refractivity contribution in [3.05, 3.63) is 0 Å². The van der Waals surface area contributed by atoms with Crippen LogP contribution in [0.3, 0.4) is 0 Å². The number of rotatable bonds is 3. The number of nitrogens with zero attached hydrogens (tertiary/aromatic N) is 1. The molecule has 0 unspecified atom stereocenters. The first-order chi connectivity index (χ1) is 8.44. The van der Waals surface area contributed by atoms with Crippen molar-refractivity contribution in [2.24, 2.45) is 0 Å². The number of hydrogen-bond acceptors (Lipinski definition) is 3. The average molecular weight is 253 g/mol. The number of carbonyl (C=O) groups excluding carboxylic acids is 3. The monoisotopic (exact) mass is 253 g/mol. The van der Waals surface area contributed by atoms with Gasteiger partial charge in [0.1, 0.15) is 12.1 Å². The first-order valence-corrected chi connectivity index (χ1v) is 6.38. The van der Waals surface area contributed by atoms with E-state index in [-0.39, 0.29) is 24.4 Å². The summed E-state index contributed by atoms with van der Waals surface area (Å²) in [6.07, 6.45) is 3.25. The summed E-state index contributed by atoms with van der Waals surface area (Å²) < 4.78 is 0. The lowest BCUT2D eigenvalue weighted by Gasteiger charge is -2.20. The van der Waals surface area contributed by atoms with E-state index in [9.17, 15) is 14.4 Å². The molecule has 0 aromatic heterocycles. The second kappa shape index (κ2) is 4.59. The molecule has 0 aromatic carbocycles.